The molecule has 33 heavy (non-hydrogen) atoms. The Morgan fingerprint density at radius 2 is 1.73 bits per heavy atom. The maximum Gasteiger partial charge on any atom is 0.408 e. The molecule has 0 bridgehead atoms. The van der Waals surface area contributed by atoms with Gasteiger partial charge < -0.3 is 29.5 Å². The van der Waals surface area contributed by atoms with Crippen LogP contribution in [0, 0.1) is 5.92 Å². The molecule has 0 radical (unpaired) electrons. The predicted octanol–water partition coefficient (Wildman–Crippen LogP) is 2.99. The number of benzene rings is 2. The highest BCUT2D eigenvalue weighted by atomic mass is 16.5. The highest BCUT2D eigenvalue weighted by Crippen LogP contribution is 2.23. The fourth-order valence-corrected chi connectivity index (χ4v) is 3.70. The smallest absolute Gasteiger partial charge is 0.408 e. The lowest BCUT2D eigenvalue weighted by Crippen LogP contribution is -2.49. The van der Waals surface area contributed by atoms with Crippen LogP contribution < -0.4 is 14.8 Å². The number of nitrogens with zero attached hydrogens (tertiary/aromatic N) is 1. The number of likely N-dealkylation sites (tertiary alicyclic amines) is 1. The van der Waals surface area contributed by atoms with Gasteiger partial charge in [0.25, 0.3) is 0 Å². The van der Waals surface area contributed by atoms with Crippen LogP contribution in [0.25, 0.3) is 0 Å². The molecule has 1 fully saturated rings. The van der Waals surface area contributed by atoms with Crippen LogP contribution in [-0.2, 0) is 16.1 Å². The van der Waals surface area contributed by atoms with Gasteiger partial charge in [0, 0.05) is 0 Å². The summed E-state index contributed by atoms with van der Waals surface area (Å²) >= 11 is 0. The van der Waals surface area contributed by atoms with E-state index in [2.05, 4.69) is 5.32 Å². The Morgan fingerprint density at radius 1 is 1.06 bits per heavy atom. The van der Waals surface area contributed by atoms with Gasteiger partial charge >= 0.3 is 6.09 Å². The number of aliphatic hydroxyl groups excluding tert-OH is 1. The highest BCUT2D eigenvalue weighted by molar-refractivity contribution is 5.86. The second-order valence-electron chi connectivity index (χ2n) is 8.53. The van der Waals surface area contributed by atoms with Gasteiger partial charge in [-0.1, -0.05) is 44.2 Å². The summed E-state index contributed by atoms with van der Waals surface area (Å²) < 4.78 is 16.3. The van der Waals surface area contributed by atoms with Crippen LogP contribution in [0.2, 0.25) is 0 Å². The highest BCUT2D eigenvalue weighted by Gasteiger charge is 2.38. The zero-order chi connectivity index (χ0) is 23.8. The van der Waals surface area contributed by atoms with E-state index < -0.39 is 24.3 Å². The molecule has 3 atom stereocenters. The second-order valence-corrected chi connectivity index (χ2v) is 8.53. The molecule has 2 N–H and O–H groups in total. The number of rotatable bonds is 9. The first kappa shape index (κ1) is 24.4. The topological polar surface area (TPSA) is 97.3 Å². The van der Waals surface area contributed by atoms with Crippen molar-refractivity contribution in [3.05, 3.63) is 60.2 Å². The maximum absolute atomic E-state index is 13.2. The van der Waals surface area contributed by atoms with Crippen LogP contribution in [-0.4, -0.2) is 60.5 Å². The monoisotopic (exact) mass is 456 g/mol. The van der Waals surface area contributed by atoms with Crippen molar-refractivity contribution in [3.8, 4) is 11.5 Å². The molecular formula is C25H32N2O6. The van der Waals surface area contributed by atoms with Crippen LogP contribution in [0.5, 0.6) is 11.5 Å². The van der Waals surface area contributed by atoms with E-state index in [0.29, 0.717) is 17.9 Å². The Balaban J connectivity index is 1.58. The molecule has 2 aromatic carbocycles. The van der Waals surface area contributed by atoms with Gasteiger partial charge in [-0.2, -0.15) is 0 Å². The number of carbonyl (C=O) groups excluding carboxylic acids is 2. The lowest BCUT2D eigenvalue weighted by molar-refractivity contribution is -0.133. The molecule has 3 rings (SSSR count). The summed E-state index contributed by atoms with van der Waals surface area (Å²) in [6.07, 6.45) is -1.59. The summed E-state index contributed by atoms with van der Waals surface area (Å²) in [6.45, 7) is 4.43. The zero-order valence-corrected chi connectivity index (χ0v) is 19.3. The molecule has 1 heterocycles. The molecule has 2 unspecified atom stereocenters. The lowest BCUT2D eigenvalue weighted by atomic mass is 10.0. The zero-order valence-electron chi connectivity index (χ0n) is 19.3. The third-order valence-electron chi connectivity index (χ3n) is 5.41. The van der Waals surface area contributed by atoms with Gasteiger partial charge in [-0.25, -0.2) is 4.79 Å². The van der Waals surface area contributed by atoms with Crippen molar-refractivity contribution in [1.29, 1.82) is 0 Å². The average Bonchev–Trinajstić information content (AvgIpc) is 3.17. The minimum Gasteiger partial charge on any atom is -0.497 e. The van der Waals surface area contributed by atoms with Gasteiger partial charge in [-0.3, -0.25) is 4.79 Å². The van der Waals surface area contributed by atoms with Gasteiger partial charge in [0.1, 0.15) is 36.4 Å². The number of aliphatic hydroxyl groups is 1. The van der Waals surface area contributed by atoms with Crippen molar-refractivity contribution in [2.75, 3.05) is 20.2 Å². The SMILES string of the molecule is COc1ccc(OC2CN(C(=O)[C@H](CC(C)C)NC(=O)OCc3ccccc3)CC2O)cc1. The Bertz CT molecular complexity index is 903. The number of alkyl carbamates (subject to hydrolysis) is 1. The van der Waals surface area contributed by atoms with Crippen molar-refractivity contribution in [2.24, 2.45) is 5.92 Å². The quantitative estimate of drug-likeness (QED) is 0.602. The summed E-state index contributed by atoms with van der Waals surface area (Å²) in [5, 5.41) is 13.2. The first-order valence-electron chi connectivity index (χ1n) is 11.1. The van der Waals surface area contributed by atoms with Crippen molar-refractivity contribution >= 4 is 12.0 Å². The molecule has 2 aromatic rings. The molecule has 1 aliphatic heterocycles. The molecular weight excluding hydrogens is 424 g/mol. The molecule has 178 valence electrons. The van der Waals surface area contributed by atoms with Crippen LogP contribution in [0.1, 0.15) is 25.8 Å². The first-order valence-corrected chi connectivity index (χ1v) is 11.1. The summed E-state index contributed by atoms with van der Waals surface area (Å²) in [7, 11) is 1.58. The second kappa shape index (κ2) is 11.6. The first-order chi connectivity index (χ1) is 15.9. The molecule has 2 amide bonds. The van der Waals surface area contributed by atoms with Crippen molar-refractivity contribution in [2.45, 2.75) is 45.1 Å². The Kier molecular flexibility index (Phi) is 8.54. The number of hydrogen-bond acceptors (Lipinski definition) is 6. The number of hydrogen-bond donors (Lipinski definition) is 2. The van der Waals surface area contributed by atoms with E-state index in [1.807, 2.05) is 44.2 Å². The largest absolute Gasteiger partial charge is 0.497 e. The number of ether oxygens (including phenoxy) is 3. The van der Waals surface area contributed by atoms with Crippen LogP contribution in [0.4, 0.5) is 4.79 Å². The Morgan fingerprint density at radius 3 is 2.36 bits per heavy atom. The summed E-state index contributed by atoms with van der Waals surface area (Å²) in [4.78, 5) is 27.1. The number of nitrogens with one attached hydrogen (secondary N) is 1. The fraction of sp³-hybridized carbons (Fsp3) is 0.440. The van der Waals surface area contributed by atoms with Gasteiger partial charge in [-0.05, 0) is 42.2 Å². The number of β-amino-alcohol motifs (C(OH)–C–C–N with tert-alkyl or cyclic N) is 1. The molecule has 1 aliphatic rings. The van der Waals surface area contributed by atoms with Crippen LogP contribution in [0.15, 0.2) is 54.6 Å². The van der Waals surface area contributed by atoms with Crippen LogP contribution >= 0.6 is 0 Å². The number of amides is 2. The van der Waals surface area contributed by atoms with Gasteiger partial charge in [-0.15, -0.1) is 0 Å². The summed E-state index contributed by atoms with van der Waals surface area (Å²) in [5.74, 6) is 1.19. The summed E-state index contributed by atoms with van der Waals surface area (Å²) in [6, 6.07) is 15.6. The molecule has 8 heteroatoms. The standard InChI is InChI=1S/C25H32N2O6/c1-17(2)13-21(26-25(30)32-16-18-7-5-4-6-8-18)24(29)27-14-22(28)23(15-27)33-20-11-9-19(31-3)10-12-20/h4-12,17,21-23,28H,13-16H2,1-3H3,(H,26,30)/t21-,22?,23?/m0/s1. The third-order valence-corrected chi connectivity index (χ3v) is 5.41. The van der Waals surface area contributed by atoms with E-state index in [1.54, 1.807) is 31.4 Å². The Hall–Kier alpha value is -3.26. The molecule has 0 spiro atoms. The minimum absolute atomic E-state index is 0.121. The summed E-state index contributed by atoms with van der Waals surface area (Å²) in [5.41, 5.74) is 0.862. The Labute approximate surface area is 194 Å². The van der Waals surface area contributed by atoms with E-state index >= 15 is 0 Å². The van der Waals surface area contributed by atoms with E-state index in [0.717, 1.165) is 5.56 Å². The van der Waals surface area contributed by atoms with Gasteiger partial charge in [0.15, 0.2) is 0 Å². The van der Waals surface area contributed by atoms with Crippen molar-refractivity contribution < 1.29 is 28.9 Å². The molecule has 1 saturated heterocycles. The van der Waals surface area contributed by atoms with E-state index in [9.17, 15) is 14.7 Å². The number of carbonyl (C=O) groups is 2. The van der Waals surface area contributed by atoms with Crippen LogP contribution in [0.3, 0.4) is 0 Å². The predicted molar refractivity (Wildman–Crippen MR) is 123 cm³/mol. The average molecular weight is 457 g/mol. The van der Waals surface area contributed by atoms with E-state index in [1.165, 1.54) is 4.90 Å². The lowest BCUT2D eigenvalue weighted by Gasteiger charge is -2.25. The number of methoxy groups -OCH3 is 1. The maximum atomic E-state index is 13.2. The van der Waals surface area contributed by atoms with E-state index in [-0.39, 0.29) is 31.5 Å². The van der Waals surface area contributed by atoms with E-state index in [4.69, 9.17) is 14.2 Å². The normalized spacial score (nSPS) is 18.6. The molecule has 8 nitrogen and oxygen atoms in total. The van der Waals surface area contributed by atoms with Crippen molar-refractivity contribution in [1.82, 2.24) is 10.2 Å². The molecule has 0 saturated carbocycles. The molecule has 0 aromatic heterocycles. The minimum atomic E-state index is -0.833. The van der Waals surface area contributed by atoms with Crippen molar-refractivity contribution in [3.63, 3.8) is 0 Å². The van der Waals surface area contributed by atoms with Gasteiger partial charge in [0.05, 0.1) is 20.2 Å². The fourth-order valence-electron chi connectivity index (χ4n) is 3.70. The molecule has 0 aliphatic carbocycles. The van der Waals surface area contributed by atoms with Gasteiger partial charge in [0.2, 0.25) is 5.91 Å². The third kappa shape index (κ3) is 7.12.